The van der Waals surface area contributed by atoms with E-state index < -0.39 is 24.1 Å². The number of carboxylic acids is 2. The molecule has 14 nitrogen and oxygen atoms in total. The molecule has 0 radical (unpaired) electrons. The Kier molecular flexibility index (Phi) is 28.6. The maximum absolute atomic E-state index is 11.6. The smallest absolute Gasteiger partial charge is 0.328 e. The van der Waals surface area contributed by atoms with Crippen LogP contribution in [0.15, 0.2) is 48.6 Å². The largest absolute Gasteiger partial charge is 0.490 e. The molecular weight excluding hydrogens is 773 g/mol. The molecule has 0 aliphatic rings. The van der Waals surface area contributed by atoms with Gasteiger partial charge in [-0.05, 0) is 105 Å². The summed E-state index contributed by atoms with van der Waals surface area (Å²) >= 11 is 0. The van der Waals surface area contributed by atoms with Crippen molar-refractivity contribution in [3.8, 4) is 11.5 Å². The highest BCUT2D eigenvalue weighted by atomic mass is 16.5. The number of hydrogen-bond donors (Lipinski definition) is 6. The van der Waals surface area contributed by atoms with Gasteiger partial charge in [0.25, 0.3) is 0 Å². The van der Waals surface area contributed by atoms with Gasteiger partial charge in [-0.3, -0.25) is 9.59 Å². The number of carbonyl (C=O) groups excluding carboxylic acids is 2. The minimum atomic E-state index is -1.26. The number of aliphatic carboxylic acids is 2. The van der Waals surface area contributed by atoms with E-state index in [-0.39, 0.29) is 35.9 Å². The van der Waals surface area contributed by atoms with E-state index in [2.05, 4.69) is 66.0 Å². The summed E-state index contributed by atoms with van der Waals surface area (Å²) < 4.78 is 23.1. The van der Waals surface area contributed by atoms with Crippen molar-refractivity contribution in [1.82, 2.24) is 10.6 Å². The Balaban J connectivity index is 0.000000982. The number of nitrogens with one attached hydrogen (secondary N) is 2. The highest BCUT2D eigenvalue weighted by molar-refractivity contribution is 5.95. The molecule has 0 aliphatic heterocycles. The Morgan fingerprint density at radius 3 is 1.25 bits per heavy atom. The first-order chi connectivity index (χ1) is 28.1. The minimum absolute atomic E-state index is 0.0122. The van der Waals surface area contributed by atoms with E-state index in [1.165, 1.54) is 0 Å². The lowest BCUT2D eigenvalue weighted by Gasteiger charge is -2.23. The first-order valence-corrected chi connectivity index (χ1v) is 20.8. The third-order valence-corrected chi connectivity index (χ3v) is 8.20. The average molecular weight is 847 g/mol. The molecular formula is C46H74N2O12. The fourth-order valence-corrected chi connectivity index (χ4v) is 4.86. The van der Waals surface area contributed by atoms with Gasteiger partial charge in [0, 0.05) is 71.8 Å². The molecule has 0 aromatic heterocycles. The van der Waals surface area contributed by atoms with Crippen LogP contribution in [0.25, 0.3) is 0 Å². The topological polar surface area (TPSA) is 210 Å². The molecule has 0 spiro atoms. The standard InChI is InChI=1S/2C21H35NO4.C4H4O4/c2*1-6-7-8-11-25-14-18-12-17(16(2)23)9-10-20(18)26-15-19(24)13-22-21(3,4)5;5-3(6)1-2-4(7)8/h2*9-10,12,19,22,24H,6-8,11,13-15H2,1-5H3;1-2H,(H,5,6)(H,7,8)/b;;2-1+. The summed E-state index contributed by atoms with van der Waals surface area (Å²) in [7, 11) is 0. The molecule has 60 heavy (non-hydrogen) atoms. The van der Waals surface area contributed by atoms with Crippen LogP contribution in [0, 0.1) is 0 Å². The first kappa shape index (κ1) is 55.8. The highest BCUT2D eigenvalue weighted by Crippen LogP contribution is 2.24. The fraction of sp³-hybridized carbons (Fsp3) is 0.609. The molecule has 0 aliphatic carbocycles. The summed E-state index contributed by atoms with van der Waals surface area (Å²) in [6.45, 7) is 23.2. The van der Waals surface area contributed by atoms with Gasteiger partial charge >= 0.3 is 11.9 Å². The number of aliphatic hydroxyl groups excluding tert-OH is 2. The van der Waals surface area contributed by atoms with Crippen molar-refractivity contribution < 1.29 is 58.6 Å². The number of hydrogen-bond acceptors (Lipinski definition) is 12. The predicted molar refractivity (Wildman–Crippen MR) is 234 cm³/mol. The van der Waals surface area contributed by atoms with Crippen molar-refractivity contribution in [3.05, 3.63) is 70.8 Å². The number of unbranched alkanes of at least 4 members (excludes halogenated alkanes) is 4. The third kappa shape index (κ3) is 29.9. The summed E-state index contributed by atoms with van der Waals surface area (Å²) in [4.78, 5) is 42.4. The van der Waals surface area contributed by atoms with Crippen LogP contribution >= 0.6 is 0 Å². The minimum Gasteiger partial charge on any atom is -0.490 e. The molecule has 0 fully saturated rings. The van der Waals surface area contributed by atoms with Gasteiger partial charge in [-0.1, -0.05) is 39.5 Å². The van der Waals surface area contributed by atoms with E-state index in [1.54, 1.807) is 38.1 Å². The zero-order valence-electron chi connectivity index (χ0n) is 37.7. The number of rotatable bonds is 26. The number of aliphatic hydroxyl groups is 2. The Hall–Kier alpha value is -4.18. The van der Waals surface area contributed by atoms with Gasteiger partial charge < -0.3 is 50.0 Å². The van der Waals surface area contributed by atoms with Gasteiger partial charge in [0.05, 0.1) is 13.2 Å². The van der Waals surface area contributed by atoms with Crippen LogP contribution in [0.1, 0.15) is 140 Å². The van der Waals surface area contributed by atoms with Gasteiger partial charge in [0.1, 0.15) is 36.9 Å². The molecule has 6 N–H and O–H groups in total. The van der Waals surface area contributed by atoms with Crippen LogP contribution in [-0.4, -0.2) is 107 Å². The van der Waals surface area contributed by atoms with Crippen molar-refractivity contribution in [3.63, 3.8) is 0 Å². The van der Waals surface area contributed by atoms with Crippen molar-refractivity contribution in [2.45, 2.75) is 144 Å². The van der Waals surface area contributed by atoms with Gasteiger partial charge in [-0.2, -0.15) is 0 Å². The first-order valence-electron chi connectivity index (χ1n) is 20.8. The maximum atomic E-state index is 11.6. The lowest BCUT2D eigenvalue weighted by atomic mass is 10.1. The van der Waals surface area contributed by atoms with E-state index in [0.29, 0.717) is 74.3 Å². The van der Waals surface area contributed by atoms with E-state index in [4.69, 9.17) is 29.2 Å². The predicted octanol–water partition coefficient (Wildman–Crippen LogP) is 7.16. The lowest BCUT2D eigenvalue weighted by molar-refractivity contribution is -0.134. The Labute approximate surface area is 358 Å². The molecule has 2 unspecified atom stereocenters. The van der Waals surface area contributed by atoms with E-state index >= 15 is 0 Å². The van der Waals surface area contributed by atoms with Gasteiger partial charge in [-0.15, -0.1) is 0 Å². The molecule has 2 aromatic rings. The highest BCUT2D eigenvalue weighted by Gasteiger charge is 2.16. The number of carboxylic acid groups (broad SMARTS) is 2. The summed E-state index contributed by atoms with van der Waals surface area (Å²) in [5.74, 6) is -1.18. The Bertz CT molecular complexity index is 1460. The molecule has 0 heterocycles. The number of ether oxygens (including phenoxy) is 4. The van der Waals surface area contributed by atoms with Crippen molar-refractivity contribution in [1.29, 1.82) is 0 Å². The van der Waals surface area contributed by atoms with Crippen molar-refractivity contribution in [2.24, 2.45) is 0 Å². The van der Waals surface area contributed by atoms with Crippen molar-refractivity contribution in [2.75, 3.05) is 39.5 Å². The number of carbonyl (C=O) groups is 4. The summed E-state index contributed by atoms with van der Waals surface area (Å²) in [6.07, 6.45) is 6.53. The Morgan fingerprint density at radius 2 is 0.967 bits per heavy atom. The second-order valence-corrected chi connectivity index (χ2v) is 16.5. The molecule has 2 rings (SSSR count). The Morgan fingerprint density at radius 1 is 0.617 bits per heavy atom. The van der Waals surface area contributed by atoms with Crippen LogP contribution < -0.4 is 20.1 Å². The van der Waals surface area contributed by atoms with E-state index in [9.17, 15) is 29.4 Å². The number of benzene rings is 2. The number of β-amino-alcohol motifs (C(OH)–C–C–N with tert-alkyl or cyclic N) is 2. The van der Waals surface area contributed by atoms with Gasteiger partial charge in [-0.25, -0.2) is 9.59 Å². The quantitative estimate of drug-likeness (QED) is 0.0315. The summed E-state index contributed by atoms with van der Waals surface area (Å²) in [5, 5.41) is 42.3. The second kappa shape index (κ2) is 30.8. The SMILES string of the molecule is CCCCCOCc1cc(C(C)=O)ccc1OCC(O)CNC(C)(C)C.CCCCCOCc1cc(C(C)=O)ccc1OCC(O)CNC(C)(C)C.O=C(O)/C=C/C(=O)O. The summed E-state index contributed by atoms with van der Waals surface area (Å²) in [5.41, 5.74) is 2.85. The molecule has 0 saturated carbocycles. The zero-order valence-corrected chi connectivity index (χ0v) is 37.7. The maximum Gasteiger partial charge on any atom is 0.328 e. The van der Waals surface area contributed by atoms with Gasteiger partial charge in [0.2, 0.25) is 0 Å². The molecule has 2 aromatic carbocycles. The molecule has 0 amide bonds. The molecule has 0 saturated heterocycles. The van der Waals surface area contributed by atoms with E-state index in [1.807, 2.05) is 12.1 Å². The van der Waals surface area contributed by atoms with Crippen LogP contribution in [0.2, 0.25) is 0 Å². The second-order valence-electron chi connectivity index (χ2n) is 16.5. The molecule has 2 atom stereocenters. The summed E-state index contributed by atoms with van der Waals surface area (Å²) in [6, 6.07) is 10.7. The van der Waals surface area contributed by atoms with Crippen molar-refractivity contribution >= 4 is 23.5 Å². The van der Waals surface area contributed by atoms with Crippen LogP contribution in [0.5, 0.6) is 11.5 Å². The molecule has 340 valence electrons. The zero-order chi connectivity index (χ0) is 45.7. The third-order valence-electron chi connectivity index (χ3n) is 8.20. The van der Waals surface area contributed by atoms with Crippen LogP contribution in [0.3, 0.4) is 0 Å². The number of Topliss-reactive ketones (excluding diaryl/α,β-unsaturated/α-hetero) is 2. The van der Waals surface area contributed by atoms with Crippen LogP contribution in [-0.2, 0) is 32.3 Å². The molecule has 0 bridgehead atoms. The average Bonchev–Trinajstić information content (AvgIpc) is 3.17. The fourth-order valence-electron chi connectivity index (χ4n) is 4.86. The number of ketones is 2. The van der Waals surface area contributed by atoms with E-state index in [0.717, 1.165) is 49.7 Å². The van der Waals surface area contributed by atoms with Crippen LogP contribution in [0.4, 0.5) is 0 Å². The monoisotopic (exact) mass is 847 g/mol. The van der Waals surface area contributed by atoms with Gasteiger partial charge in [0.15, 0.2) is 11.6 Å². The molecule has 14 heteroatoms. The normalized spacial score (nSPS) is 12.4. The lowest BCUT2D eigenvalue weighted by Crippen LogP contribution is -2.42.